The van der Waals surface area contributed by atoms with Crippen molar-refractivity contribution >= 4 is 133 Å². The van der Waals surface area contributed by atoms with Gasteiger partial charge in [0.15, 0.2) is 23.3 Å². The van der Waals surface area contributed by atoms with Crippen LogP contribution in [0.25, 0.3) is 73.2 Å². The number of pyridine rings is 2. The summed E-state index contributed by atoms with van der Waals surface area (Å²) in [6.07, 6.45) is 12.7. The van der Waals surface area contributed by atoms with Gasteiger partial charge in [-0.15, -0.1) is 32.2 Å². The van der Waals surface area contributed by atoms with Gasteiger partial charge >= 0.3 is 21.1 Å². The zero-order valence-electron chi connectivity index (χ0n) is 79.3. The second-order valence-corrected chi connectivity index (χ2v) is 38.3. The molecule has 19 aromatic rings. The molecule has 0 saturated heterocycles. The third kappa shape index (κ3) is 30.8. The Morgan fingerprint density at radius 2 is 0.872 bits per heavy atom. The van der Waals surface area contributed by atoms with E-state index in [2.05, 4.69) is 110 Å². The number of aromatic amines is 4. The van der Waals surface area contributed by atoms with E-state index in [-0.39, 0.29) is 91.0 Å². The summed E-state index contributed by atoms with van der Waals surface area (Å²) in [5.74, 6) is 6.25. The topological polar surface area (TPSA) is 399 Å². The van der Waals surface area contributed by atoms with Gasteiger partial charge in [0, 0.05) is 128 Å². The minimum atomic E-state index is -0.641. The van der Waals surface area contributed by atoms with Crippen molar-refractivity contribution in [1.29, 1.82) is 0 Å². The average Bonchev–Trinajstić information content (AvgIpc) is 1.62. The number of hydrogen-bond acceptors (Lipinski definition) is 25. The van der Waals surface area contributed by atoms with Crippen LogP contribution in [0.3, 0.4) is 0 Å². The number of thioether (sulfide) groups is 5. The molecule has 149 heavy (non-hydrogen) atoms. The number of anilines is 4. The second kappa shape index (κ2) is 52.4. The molecule has 0 radical (unpaired) electrons. The van der Waals surface area contributed by atoms with Gasteiger partial charge in [-0.1, -0.05) is 174 Å². The maximum atomic E-state index is 13.6. The summed E-state index contributed by atoms with van der Waals surface area (Å²) < 4.78 is 80.3. The first kappa shape index (κ1) is 106. The number of benzene rings is 12. The first-order valence-corrected chi connectivity index (χ1v) is 51.2. The number of aryl methyl sites for hydroxylation is 3. The van der Waals surface area contributed by atoms with Crippen LogP contribution in [0.5, 0.6) is 40.2 Å². The average molecular weight is 2260 g/mol. The van der Waals surface area contributed by atoms with Crippen LogP contribution in [0.15, 0.2) is 347 Å². The van der Waals surface area contributed by atoms with Crippen molar-refractivity contribution in [1.82, 2.24) is 70.7 Å². The zero-order valence-corrected chi connectivity index (χ0v) is 86.3. The number of furan rings is 1. The molecule has 22 rings (SSSR count). The number of amides is 5. The van der Waals surface area contributed by atoms with Gasteiger partial charge in [0.05, 0.1) is 34.7 Å². The molecule has 9 N–H and O–H groups in total. The molecule has 2 aliphatic heterocycles. The molecule has 5 amide bonds. The number of rotatable bonds is 27. The summed E-state index contributed by atoms with van der Waals surface area (Å²) in [5, 5.41) is 43.6. The molecule has 9 heterocycles. The molecule has 29 nitrogen and oxygen atoms in total. The Morgan fingerprint density at radius 1 is 0.403 bits per heavy atom. The molecule has 1 saturated carbocycles. The summed E-state index contributed by atoms with van der Waals surface area (Å²) in [4.78, 5) is 85.7. The fourth-order valence-electron chi connectivity index (χ4n) is 15.5. The summed E-state index contributed by atoms with van der Waals surface area (Å²) in [7, 11) is 3.13. The largest absolute Gasteiger partial charge is 2.00 e. The fraction of sp³-hybridized carbons (Fsp3) is 0.127. The summed E-state index contributed by atoms with van der Waals surface area (Å²) in [6.45, 7) is 2.04. The minimum absolute atomic E-state index is 0. The molecule has 1 fully saturated rings. The van der Waals surface area contributed by atoms with Crippen LogP contribution in [0, 0.1) is 37.3 Å². The van der Waals surface area contributed by atoms with Gasteiger partial charge in [-0.2, -0.15) is 7.11 Å². The van der Waals surface area contributed by atoms with E-state index in [4.69, 9.17) is 24.4 Å². The molecule has 2 unspecified atom stereocenters. The number of H-pyrrole nitrogens is 4. The predicted octanol–water partition coefficient (Wildman–Crippen LogP) is 25.2. The van der Waals surface area contributed by atoms with E-state index in [9.17, 15) is 41.5 Å². The first-order chi connectivity index (χ1) is 72.2. The normalized spacial score (nSPS) is 12.7. The number of aromatic nitrogens is 14. The number of nitrogens with zero attached hydrogens (tertiary/aromatic N) is 10. The van der Waals surface area contributed by atoms with Gasteiger partial charge in [-0.05, 0) is 218 Å². The molecule has 12 aromatic carbocycles. The number of halogens is 4. The van der Waals surface area contributed by atoms with Crippen molar-refractivity contribution in [3.63, 3.8) is 0 Å². The molecular formula is C110H91F4N19O10S5W. The number of carbonyl (C=O) groups excluding carboxylic acids is 5. The third-order valence-corrected chi connectivity index (χ3v) is 27.2. The van der Waals surface area contributed by atoms with Crippen molar-refractivity contribution < 1.29 is 86.0 Å². The van der Waals surface area contributed by atoms with Crippen molar-refractivity contribution in [3.8, 4) is 85.8 Å². The van der Waals surface area contributed by atoms with Gasteiger partial charge in [0.2, 0.25) is 44.3 Å². The molecular weight excluding hydrogens is 2170 g/mol. The second-order valence-electron chi connectivity index (χ2n) is 33.2. The Balaban J connectivity index is 0.000000131. The summed E-state index contributed by atoms with van der Waals surface area (Å²) in [5.41, 5.74) is 20.6. The van der Waals surface area contributed by atoms with Crippen molar-refractivity contribution in [2.75, 3.05) is 50.0 Å². The first-order valence-electron chi connectivity index (χ1n) is 46.2. The SMILES string of the molecule is Cc1cccc(Oc2ccc(NC(=O)CSC3CCC(c4cccnc4)C3)cc2)c1.O=C(CSc1n[nH]c(-c2ccccc2)n1)Nc1ccc2c(c1)CCc1ccc(F)cc1O2.O=C(CSc1n[nH]c(-c2ccccc2)n1)Nc1ccc2c(c1)Cc1ccc(F)cc1O2.O=C(CSc1n[nH]c(-c2ccccc2)n1)Nc1ccc2oc3cc(F)ccc3c2c1.[CH2-]Oc1cccc(F)c1.[NH-]C(=O)CSc1n[nH]c(-c2cccnc2)n1.[W+2]. The molecule has 39 heteroatoms. The Morgan fingerprint density at radius 3 is 1.42 bits per heavy atom. The van der Waals surface area contributed by atoms with E-state index >= 15 is 0 Å². The third-order valence-electron chi connectivity index (χ3n) is 22.5. The van der Waals surface area contributed by atoms with Crippen LogP contribution in [-0.4, -0.2) is 134 Å². The molecule has 3 aliphatic rings. The quantitative estimate of drug-likeness (QED) is 0.0135. The number of carbonyl (C=O) groups is 5. The summed E-state index contributed by atoms with van der Waals surface area (Å²) >= 11 is 6.66. The number of hydrogen-bond donors (Lipinski definition) is 8. The van der Waals surface area contributed by atoms with Crippen molar-refractivity contribution in [3.05, 3.63) is 392 Å². The van der Waals surface area contributed by atoms with Crippen molar-refractivity contribution in [2.24, 2.45) is 0 Å². The van der Waals surface area contributed by atoms with Gasteiger partial charge in [-0.25, -0.2) is 37.5 Å². The molecule has 2 atom stereocenters. The standard InChI is InChI=1S/C25H26N2O2S.C24H19FN4O2S.C23H17FN4O2S.C22H15FN4O2S.C9H9N5OS.C7H6FO.W/c1-18-4-2-6-23(14-18)29-22-10-8-21(9-11-22)27-25(28)17-30-24-12-7-19(15-24)20-5-3-13-26-16-20;25-18-9-8-15-6-7-17-12-19(10-11-20(17)31-21(15)13-18)26-22(30)14-32-24-27-23(28-29-24)16-4-2-1-3-5-16;24-17-7-6-15-10-16-11-18(8-9-19(16)30-20(15)12-17)25-21(29)13-31-23-26-22(27-28-23)14-4-2-1-3-5-14;23-14-6-8-16-17-11-15(7-9-18(17)29-19(16)10-14)24-20(28)12-30-22-25-21(26-27-22)13-4-2-1-3-5-13;10-7(15)5-16-9-12-8(13-14-9)6-2-1-3-11-4-6;1-9-7-4-2-3-6(8)5-7;/h2-6,8-11,13-14,16,19,24H,7,12,15,17H2,1H3,(H,27,28);1-5,8-13H,6-7,14H2,(H,26,30)(H,27,28,29);1-9,11-12H,10,13H2,(H,25,29)(H,26,27,28);1-11H,12H2,(H,24,28)(H,25,26,27);1-4H,5H2,(H3,10,12,13,14,15);2-5H,1H2;/q;;;;;-1;+2/p-1. The van der Waals surface area contributed by atoms with Gasteiger partial charge in [0.1, 0.15) is 68.9 Å². The Labute approximate surface area is 887 Å². The van der Waals surface area contributed by atoms with E-state index in [0.717, 1.165) is 115 Å². The zero-order chi connectivity index (χ0) is 102. The van der Waals surface area contributed by atoms with Gasteiger partial charge in [0.25, 0.3) is 0 Å². The summed E-state index contributed by atoms with van der Waals surface area (Å²) in [6, 6.07) is 87.9. The fourth-order valence-corrected chi connectivity index (χ4v) is 19.0. The van der Waals surface area contributed by atoms with Crippen LogP contribution in [0.2, 0.25) is 0 Å². The monoisotopic (exact) mass is 2260 g/mol. The van der Waals surface area contributed by atoms with Crippen LogP contribution < -0.4 is 40.2 Å². The smallest absolute Gasteiger partial charge is 0.667 e. The Hall–Kier alpha value is -16.0. The van der Waals surface area contributed by atoms with Crippen LogP contribution in [0.1, 0.15) is 58.6 Å². The molecule has 0 spiro atoms. The maximum Gasteiger partial charge on any atom is 2.00 e. The molecule has 1 aliphatic carbocycles. The van der Waals surface area contributed by atoms with E-state index in [0.29, 0.717) is 124 Å². The van der Waals surface area contributed by atoms with E-state index in [1.807, 2.05) is 189 Å². The van der Waals surface area contributed by atoms with Gasteiger partial charge in [-0.3, -0.25) is 49.5 Å². The van der Waals surface area contributed by atoms with Crippen LogP contribution in [-0.2, 0) is 64.3 Å². The number of ether oxygens (including phenoxy) is 4. The van der Waals surface area contributed by atoms with E-state index in [1.54, 1.807) is 97.0 Å². The predicted molar refractivity (Wildman–Crippen MR) is 569 cm³/mol. The van der Waals surface area contributed by atoms with Gasteiger partial charge < -0.3 is 55.2 Å². The van der Waals surface area contributed by atoms with Crippen LogP contribution >= 0.6 is 58.8 Å². The van der Waals surface area contributed by atoms with E-state index in [1.165, 1.54) is 95.8 Å². The minimum Gasteiger partial charge on any atom is -0.667 e. The number of nitrogens with one attached hydrogen (secondary N) is 9. The van der Waals surface area contributed by atoms with Crippen molar-refractivity contribution in [2.45, 2.75) is 77.2 Å². The van der Waals surface area contributed by atoms with E-state index < -0.39 is 5.91 Å². The molecule has 0 bridgehead atoms. The maximum absolute atomic E-state index is 13.6. The van der Waals surface area contributed by atoms with Crippen LogP contribution in [0.4, 0.5) is 40.3 Å². The number of fused-ring (bicyclic) bond motifs is 7. The Bertz CT molecular complexity index is 7790. The Kier molecular flexibility index (Phi) is 37.2. The molecule has 7 aromatic heterocycles. The molecule has 750 valence electrons.